The van der Waals surface area contributed by atoms with E-state index in [1.165, 1.54) is 11.1 Å². The first-order valence-corrected chi connectivity index (χ1v) is 9.28. The van der Waals surface area contributed by atoms with E-state index in [0.29, 0.717) is 12.3 Å². The fourth-order valence-electron chi connectivity index (χ4n) is 3.18. The lowest BCUT2D eigenvalue weighted by atomic mass is 9.94. The molecule has 0 fully saturated rings. The number of nitrogens with one attached hydrogen (secondary N) is 1. The van der Waals surface area contributed by atoms with E-state index in [1.807, 2.05) is 30.3 Å². The number of rotatable bonds is 6. The molecular weight excluding hydrogens is 320 g/mol. The molecule has 1 N–H and O–H groups in total. The van der Waals surface area contributed by atoms with Gasteiger partial charge >= 0.3 is 0 Å². The maximum Gasteiger partial charge on any atom is 0.225 e. The molecule has 0 saturated heterocycles. The Hall–Kier alpha value is -2.68. The van der Waals surface area contributed by atoms with Gasteiger partial charge in [-0.05, 0) is 47.6 Å². The molecule has 1 aromatic carbocycles. The molecule has 1 amide bonds. The quantitative estimate of drug-likeness (QED) is 0.810. The second kappa shape index (κ2) is 8.61. The van der Waals surface area contributed by atoms with E-state index in [0.717, 1.165) is 24.1 Å². The molecule has 26 heavy (non-hydrogen) atoms. The van der Waals surface area contributed by atoms with Crippen molar-refractivity contribution < 1.29 is 4.79 Å². The number of carbonyl (C=O) groups is 1. The molecule has 1 aliphatic carbocycles. The molecule has 1 aliphatic rings. The van der Waals surface area contributed by atoms with Gasteiger partial charge in [-0.25, -0.2) is 0 Å². The standard InChI is InChI=1S/C23H26N2O/c1-17(2)19-13-11-18(12-14-19)16-22(26)25-23(20-8-4-3-5-9-20)21-10-6-7-15-24-21/h3-4,6-8,10-15,17,23H,5,9,16H2,1-2H3,(H,25,26). The molecule has 1 unspecified atom stereocenters. The largest absolute Gasteiger partial charge is 0.344 e. The molecule has 3 rings (SSSR count). The Morgan fingerprint density at radius 2 is 1.96 bits per heavy atom. The molecule has 0 saturated carbocycles. The molecule has 0 spiro atoms. The van der Waals surface area contributed by atoms with Gasteiger partial charge < -0.3 is 5.32 Å². The minimum absolute atomic E-state index is 0.0217. The Kier molecular flexibility index (Phi) is 6.00. The maximum atomic E-state index is 12.7. The molecule has 134 valence electrons. The summed E-state index contributed by atoms with van der Waals surface area (Å²) in [6.07, 6.45) is 10.4. The van der Waals surface area contributed by atoms with E-state index < -0.39 is 0 Å². The number of nitrogens with zero attached hydrogens (tertiary/aromatic N) is 1. The zero-order chi connectivity index (χ0) is 18.4. The first kappa shape index (κ1) is 18.1. The molecule has 1 atom stereocenters. The number of hydrogen-bond donors (Lipinski definition) is 1. The molecule has 3 heteroatoms. The molecule has 2 aromatic rings. The normalized spacial score (nSPS) is 14.8. The van der Waals surface area contributed by atoms with Crippen LogP contribution >= 0.6 is 0 Å². The van der Waals surface area contributed by atoms with Crippen LogP contribution in [0.5, 0.6) is 0 Å². The Morgan fingerprint density at radius 3 is 2.58 bits per heavy atom. The fraction of sp³-hybridized carbons (Fsp3) is 0.304. The van der Waals surface area contributed by atoms with Gasteiger partial charge in [0.25, 0.3) is 0 Å². The zero-order valence-corrected chi connectivity index (χ0v) is 15.5. The Labute approximate surface area is 155 Å². The summed E-state index contributed by atoms with van der Waals surface area (Å²) in [6.45, 7) is 4.34. The number of allylic oxidation sites excluding steroid dienone is 3. The summed E-state index contributed by atoms with van der Waals surface area (Å²) in [5.74, 6) is 0.520. The van der Waals surface area contributed by atoms with E-state index in [1.54, 1.807) is 6.20 Å². The van der Waals surface area contributed by atoms with Crippen LogP contribution in [0, 0.1) is 0 Å². The van der Waals surface area contributed by atoms with Crippen LogP contribution in [-0.4, -0.2) is 10.9 Å². The SMILES string of the molecule is CC(C)c1ccc(CC(=O)NC(C2=CC=CCC2)c2ccccn2)cc1. The zero-order valence-electron chi connectivity index (χ0n) is 15.5. The van der Waals surface area contributed by atoms with Gasteiger partial charge in [0.05, 0.1) is 18.2 Å². The first-order valence-electron chi connectivity index (χ1n) is 9.28. The van der Waals surface area contributed by atoms with Crippen molar-refractivity contribution in [2.24, 2.45) is 0 Å². The molecule has 0 aliphatic heterocycles. The third-order valence-electron chi connectivity index (χ3n) is 4.72. The lowest BCUT2D eigenvalue weighted by Gasteiger charge is -2.22. The van der Waals surface area contributed by atoms with Crippen molar-refractivity contribution in [2.45, 2.75) is 45.1 Å². The third kappa shape index (κ3) is 4.69. The first-order chi connectivity index (χ1) is 12.6. The highest BCUT2D eigenvalue weighted by atomic mass is 16.1. The van der Waals surface area contributed by atoms with Gasteiger partial charge in [0.2, 0.25) is 5.91 Å². The van der Waals surface area contributed by atoms with Gasteiger partial charge in [0, 0.05) is 6.20 Å². The number of hydrogen-bond acceptors (Lipinski definition) is 2. The van der Waals surface area contributed by atoms with Crippen LogP contribution in [0.15, 0.2) is 72.5 Å². The molecular formula is C23H26N2O. The van der Waals surface area contributed by atoms with Gasteiger partial charge in [-0.1, -0.05) is 62.4 Å². The van der Waals surface area contributed by atoms with E-state index in [2.05, 4.69) is 54.5 Å². The molecule has 1 heterocycles. The van der Waals surface area contributed by atoms with Crippen molar-refractivity contribution in [1.82, 2.24) is 10.3 Å². The molecule has 0 radical (unpaired) electrons. The fourth-order valence-corrected chi connectivity index (χ4v) is 3.18. The summed E-state index contributed by atoms with van der Waals surface area (Å²) in [6, 6.07) is 14.0. The Balaban J connectivity index is 1.73. The number of aromatic nitrogens is 1. The van der Waals surface area contributed by atoms with Crippen LogP contribution in [-0.2, 0) is 11.2 Å². The van der Waals surface area contributed by atoms with Crippen molar-refractivity contribution in [3.63, 3.8) is 0 Å². The highest BCUT2D eigenvalue weighted by molar-refractivity contribution is 5.79. The highest BCUT2D eigenvalue weighted by Gasteiger charge is 2.20. The average molecular weight is 346 g/mol. The van der Waals surface area contributed by atoms with Crippen LogP contribution < -0.4 is 5.32 Å². The third-order valence-corrected chi connectivity index (χ3v) is 4.72. The van der Waals surface area contributed by atoms with E-state index >= 15 is 0 Å². The summed E-state index contributed by atoms with van der Waals surface area (Å²) in [4.78, 5) is 17.1. The van der Waals surface area contributed by atoms with Crippen LogP contribution in [0.4, 0.5) is 0 Å². The predicted molar refractivity (Wildman–Crippen MR) is 106 cm³/mol. The number of amides is 1. The van der Waals surface area contributed by atoms with Crippen LogP contribution in [0.25, 0.3) is 0 Å². The summed E-state index contributed by atoms with van der Waals surface area (Å²) in [5.41, 5.74) is 4.41. The molecule has 3 nitrogen and oxygen atoms in total. The van der Waals surface area contributed by atoms with Crippen molar-refractivity contribution in [1.29, 1.82) is 0 Å². The molecule has 1 aromatic heterocycles. The minimum Gasteiger partial charge on any atom is -0.344 e. The number of pyridine rings is 1. The van der Waals surface area contributed by atoms with E-state index in [9.17, 15) is 4.79 Å². The van der Waals surface area contributed by atoms with Gasteiger partial charge in [0.1, 0.15) is 0 Å². The van der Waals surface area contributed by atoms with Gasteiger partial charge in [-0.2, -0.15) is 0 Å². The minimum atomic E-state index is -0.163. The summed E-state index contributed by atoms with van der Waals surface area (Å²) >= 11 is 0. The van der Waals surface area contributed by atoms with Crippen LogP contribution in [0.1, 0.15) is 55.5 Å². The maximum absolute atomic E-state index is 12.7. The van der Waals surface area contributed by atoms with Crippen molar-refractivity contribution >= 4 is 5.91 Å². The second-order valence-electron chi connectivity index (χ2n) is 7.04. The smallest absolute Gasteiger partial charge is 0.225 e. The topological polar surface area (TPSA) is 42.0 Å². The number of benzene rings is 1. The number of carbonyl (C=O) groups excluding carboxylic acids is 1. The van der Waals surface area contributed by atoms with E-state index in [-0.39, 0.29) is 11.9 Å². The lowest BCUT2D eigenvalue weighted by molar-refractivity contribution is -0.121. The predicted octanol–water partition coefficient (Wildman–Crippen LogP) is 4.88. The summed E-state index contributed by atoms with van der Waals surface area (Å²) < 4.78 is 0. The van der Waals surface area contributed by atoms with Gasteiger partial charge in [-0.3, -0.25) is 9.78 Å². The van der Waals surface area contributed by atoms with Crippen LogP contribution in [0.2, 0.25) is 0 Å². The van der Waals surface area contributed by atoms with Crippen molar-refractivity contribution in [3.8, 4) is 0 Å². The van der Waals surface area contributed by atoms with Crippen molar-refractivity contribution in [3.05, 3.63) is 89.3 Å². The monoisotopic (exact) mass is 346 g/mol. The Bertz CT molecular complexity index is 789. The highest BCUT2D eigenvalue weighted by Crippen LogP contribution is 2.26. The van der Waals surface area contributed by atoms with E-state index in [4.69, 9.17) is 0 Å². The summed E-state index contributed by atoms with van der Waals surface area (Å²) in [7, 11) is 0. The average Bonchev–Trinajstić information content (AvgIpc) is 2.68. The Morgan fingerprint density at radius 1 is 1.15 bits per heavy atom. The van der Waals surface area contributed by atoms with Gasteiger partial charge in [0.15, 0.2) is 0 Å². The summed E-state index contributed by atoms with van der Waals surface area (Å²) in [5, 5.41) is 3.19. The lowest BCUT2D eigenvalue weighted by Crippen LogP contribution is -2.31. The molecule has 0 bridgehead atoms. The van der Waals surface area contributed by atoms with Crippen molar-refractivity contribution in [2.75, 3.05) is 0 Å². The van der Waals surface area contributed by atoms with Gasteiger partial charge in [-0.15, -0.1) is 0 Å². The second-order valence-corrected chi connectivity index (χ2v) is 7.04. The van der Waals surface area contributed by atoms with Crippen LogP contribution in [0.3, 0.4) is 0 Å².